The van der Waals surface area contributed by atoms with Crippen LogP contribution in [0.2, 0.25) is 5.02 Å². The number of allylic oxidation sites excluding steroid dienone is 1. The number of benzene rings is 4. The van der Waals surface area contributed by atoms with Crippen LogP contribution in [0.15, 0.2) is 93.9 Å². The molecule has 8 heteroatoms. The van der Waals surface area contributed by atoms with Crippen LogP contribution in [-0.2, 0) is 9.53 Å². The van der Waals surface area contributed by atoms with Crippen molar-refractivity contribution in [2.24, 2.45) is 4.99 Å². The summed E-state index contributed by atoms with van der Waals surface area (Å²) in [6, 6.07) is 22.9. The van der Waals surface area contributed by atoms with E-state index >= 15 is 0 Å². The Kier molecular flexibility index (Phi) is 7.71. The summed E-state index contributed by atoms with van der Waals surface area (Å²) in [6.07, 6.45) is 3.26. The first-order chi connectivity index (χ1) is 20.4. The lowest BCUT2D eigenvalue weighted by molar-refractivity contribution is -0.139. The molecule has 212 valence electrons. The zero-order valence-electron chi connectivity index (χ0n) is 23.5. The summed E-state index contributed by atoms with van der Waals surface area (Å²) in [5, 5.41) is 4.74. The van der Waals surface area contributed by atoms with Gasteiger partial charge in [0.1, 0.15) is 11.8 Å². The minimum absolute atomic E-state index is 0.194. The van der Waals surface area contributed by atoms with E-state index in [4.69, 9.17) is 26.1 Å². The Bertz CT molecular complexity index is 2020. The zero-order chi connectivity index (χ0) is 29.4. The van der Waals surface area contributed by atoms with Crippen LogP contribution in [0.5, 0.6) is 5.75 Å². The Labute approximate surface area is 251 Å². The maximum atomic E-state index is 14.4. The number of thiazole rings is 1. The number of aromatic nitrogens is 1. The van der Waals surface area contributed by atoms with Gasteiger partial charge in [-0.1, -0.05) is 84.8 Å². The van der Waals surface area contributed by atoms with Crippen LogP contribution in [0.1, 0.15) is 43.9 Å². The molecule has 1 aliphatic heterocycles. The highest BCUT2D eigenvalue weighted by Gasteiger charge is 2.36. The summed E-state index contributed by atoms with van der Waals surface area (Å²) in [7, 11) is 1.56. The van der Waals surface area contributed by atoms with Gasteiger partial charge in [0, 0.05) is 10.6 Å². The molecule has 0 amide bonds. The lowest BCUT2D eigenvalue weighted by atomic mass is 9.93. The second-order valence-corrected chi connectivity index (χ2v) is 11.5. The Morgan fingerprint density at radius 3 is 2.36 bits per heavy atom. The maximum absolute atomic E-state index is 14.4. The number of hydrogen-bond donors (Lipinski definition) is 0. The normalized spacial score (nSPS) is 15.1. The van der Waals surface area contributed by atoms with E-state index in [1.807, 2.05) is 37.3 Å². The van der Waals surface area contributed by atoms with Crippen LogP contribution in [0.25, 0.3) is 27.6 Å². The van der Waals surface area contributed by atoms with Crippen molar-refractivity contribution >= 4 is 56.5 Å². The topological polar surface area (TPSA) is 69.9 Å². The van der Waals surface area contributed by atoms with Crippen molar-refractivity contribution < 1.29 is 14.3 Å². The predicted octanol–water partition coefficient (Wildman–Crippen LogP) is 6.55. The highest BCUT2D eigenvalue weighted by atomic mass is 35.5. The fourth-order valence-corrected chi connectivity index (χ4v) is 6.85. The molecule has 42 heavy (non-hydrogen) atoms. The van der Waals surface area contributed by atoms with E-state index < -0.39 is 12.0 Å². The fourth-order valence-electron chi connectivity index (χ4n) is 5.67. The molecule has 1 atom stereocenters. The van der Waals surface area contributed by atoms with Crippen LogP contribution < -0.4 is 19.6 Å². The molecule has 0 fully saturated rings. The number of carbonyl (C=O) groups excluding carboxylic acids is 1. The smallest absolute Gasteiger partial charge is 0.338 e. The molecule has 4 aromatic carbocycles. The molecule has 0 radical (unpaired) electrons. The number of methoxy groups -OCH3 is 1. The highest BCUT2D eigenvalue weighted by molar-refractivity contribution is 7.07. The minimum Gasteiger partial charge on any atom is -0.496 e. The molecule has 0 bridgehead atoms. The van der Waals surface area contributed by atoms with E-state index in [0.29, 0.717) is 43.4 Å². The monoisotopic (exact) mass is 596 g/mol. The van der Waals surface area contributed by atoms with Gasteiger partial charge < -0.3 is 9.47 Å². The first kappa shape index (κ1) is 27.9. The van der Waals surface area contributed by atoms with Crippen molar-refractivity contribution in [1.82, 2.24) is 4.57 Å². The first-order valence-electron chi connectivity index (χ1n) is 13.9. The van der Waals surface area contributed by atoms with Crippen LogP contribution >= 0.6 is 22.9 Å². The van der Waals surface area contributed by atoms with Gasteiger partial charge >= 0.3 is 5.97 Å². The largest absolute Gasteiger partial charge is 0.496 e. The van der Waals surface area contributed by atoms with Gasteiger partial charge in [0.05, 0.1) is 29.5 Å². The molecule has 1 aliphatic rings. The number of halogens is 1. The minimum atomic E-state index is -0.818. The number of nitrogens with zero attached hydrogens (tertiary/aromatic N) is 2. The zero-order valence-corrected chi connectivity index (χ0v) is 25.1. The van der Waals surface area contributed by atoms with Crippen molar-refractivity contribution in [1.29, 1.82) is 0 Å². The number of fused-ring (bicyclic) bond motifs is 3. The number of rotatable bonds is 7. The third-order valence-electron chi connectivity index (χ3n) is 7.47. The standard InChI is InChI=1S/C34H29ClN2O4S/c1-4-10-27-30(33(39)41-5-2)31(26-18-22(35)15-16-28(26)40-3)37-32(38)29(42-34(37)36-27)19-25-23-13-8-6-11-20(23)17-21-12-7-9-14-24(21)25/h6-9,11-19,31H,4-5,10H2,1-3H3/b29-19+/t31-/m1/s1. The second-order valence-electron chi connectivity index (χ2n) is 10.0. The van der Waals surface area contributed by atoms with E-state index in [1.165, 1.54) is 11.3 Å². The molecule has 0 spiro atoms. The number of hydrogen-bond acceptors (Lipinski definition) is 6. The summed E-state index contributed by atoms with van der Waals surface area (Å²) in [5.41, 5.74) is 2.24. The molecule has 0 saturated carbocycles. The third-order valence-corrected chi connectivity index (χ3v) is 8.68. The maximum Gasteiger partial charge on any atom is 0.338 e. The average Bonchev–Trinajstić information content (AvgIpc) is 3.30. The number of esters is 1. The molecule has 6 nitrogen and oxygen atoms in total. The summed E-state index contributed by atoms with van der Waals surface area (Å²) in [5.74, 6) is 0.00429. The Balaban J connectivity index is 1.69. The summed E-state index contributed by atoms with van der Waals surface area (Å²) in [6.45, 7) is 3.98. The molecule has 0 aliphatic carbocycles. The highest BCUT2D eigenvalue weighted by Crippen LogP contribution is 2.38. The molecule has 5 aromatic rings. The molecule has 0 saturated heterocycles. The van der Waals surface area contributed by atoms with Gasteiger partial charge in [-0.15, -0.1) is 0 Å². The van der Waals surface area contributed by atoms with E-state index in [9.17, 15) is 9.59 Å². The molecular weight excluding hydrogens is 568 g/mol. The van der Waals surface area contributed by atoms with E-state index in [0.717, 1.165) is 33.5 Å². The number of ether oxygens (including phenoxy) is 2. The summed E-state index contributed by atoms with van der Waals surface area (Å²) < 4.78 is 13.3. The van der Waals surface area contributed by atoms with E-state index in [2.05, 4.69) is 30.3 Å². The van der Waals surface area contributed by atoms with Gasteiger partial charge in [-0.2, -0.15) is 0 Å². The average molecular weight is 597 g/mol. The van der Waals surface area contributed by atoms with Crippen molar-refractivity contribution in [2.75, 3.05) is 13.7 Å². The Hall–Kier alpha value is -4.20. The van der Waals surface area contributed by atoms with Crippen LogP contribution in [0.3, 0.4) is 0 Å². The van der Waals surface area contributed by atoms with Crippen molar-refractivity contribution in [3.05, 3.63) is 120 Å². The molecule has 2 heterocycles. The molecule has 0 N–H and O–H groups in total. The molecule has 6 rings (SSSR count). The first-order valence-corrected chi connectivity index (χ1v) is 15.1. The van der Waals surface area contributed by atoms with Crippen molar-refractivity contribution in [3.63, 3.8) is 0 Å². The Morgan fingerprint density at radius 2 is 1.71 bits per heavy atom. The fraction of sp³-hybridized carbons (Fsp3) is 0.206. The molecular formula is C34H29ClN2O4S. The van der Waals surface area contributed by atoms with Crippen molar-refractivity contribution in [2.45, 2.75) is 32.7 Å². The van der Waals surface area contributed by atoms with E-state index in [-0.39, 0.29) is 12.2 Å². The van der Waals surface area contributed by atoms with Gasteiger partial charge in [-0.3, -0.25) is 9.36 Å². The van der Waals surface area contributed by atoms with Crippen LogP contribution in [0.4, 0.5) is 0 Å². The van der Waals surface area contributed by atoms with Crippen molar-refractivity contribution in [3.8, 4) is 5.75 Å². The lowest BCUT2D eigenvalue weighted by Crippen LogP contribution is -2.40. The van der Waals surface area contributed by atoms with Crippen LogP contribution in [-0.4, -0.2) is 24.3 Å². The quantitative estimate of drug-likeness (QED) is 0.158. The predicted molar refractivity (Wildman–Crippen MR) is 169 cm³/mol. The van der Waals surface area contributed by atoms with Gasteiger partial charge in [0.25, 0.3) is 5.56 Å². The van der Waals surface area contributed by atoms with Gasteiger partial charge in [-0.05, 0) is 70.8 Å². The third kappa shape index (κ3) is 4.82. The molecule has 1 aromatic heterocycles. The number of carbonyl (C=O) groups is 1. The van der Waals surface area contributed by atoms with Gasteiger partial charge in [0.15, 0.2) is 4.80 Å². The van der Waals surface area contributed by atoms with Gasteiger partial charge in [0.2, 0.25) is 0 Å². The Morgan fingerprint density at radius 1 is 1.02 bits per heavy atom. The lowest BCUT2D eigenvalue weighted by Gasteiger charge is -2.27. The second kappa shape index (κ2) is 11.6. The van der Waals surface area contributed by atoms with E-state index in [1.54, 1.807) is 36.8 Å². The van der Waals surface area contributed by atoms with Crippen LogP contribution in [0, 0.1) is 0 Å². The molecule has 0 unspecified atom stereocenters. The SMILES string of the molecule is CCCC1=C(C(=O)OCC)[C@@H](c2cc(Cl)ccc2OC)n2c(s/c(=C/c3c4ccccc4cc4ccccc34)c2=O)=N1. The van der Waals surface area contributed by atoms with Gasteiger partial charge in [-0.25, -0.2) is 9.79 Å². The summed E-state index contributed by atoms with van der Waals surface area (Å²) in [4.78, 5) is 33.3. The summed E-state index contributed by atoms with van der Waals surface area (Å²) >= 11 is 7.78.